The van der Waals surface area contributed by atoms with Crippen LogP contribution in [0.2, 0.25) is 0 Å². The van der Waals surface area contributed by atoms with Crippen LogP contribution in [0.25, 0.3) is 0 Å². The summed E-state index contributed by atoms with van der Waals surface area (Å²) in [4.78, 5) is 21.6. The first-order chi connectivity index (χ1) is 20.4. The van der Waals surface area contributed by atoms with Crippen LogP contribution < -0.4 is 0 Å². The van der Waals surface area contributed by atoms with Gasteiger partial charge in [0, 0.05) is 13.2 Å². The highest BCUT2D eigenvalue weighted by Gasteiger charge is 2.00. The van der Waals surface area contributed by atoms with E-state index in [1.54, 1.807) is 0 Å². The van der Waals surface area contributed by atoms with E-state index in [0.29, 0.717) is 0 Å². The molecular formula is C36H77O5P. The molecule has 6 heteroatoms. The van der Waals surface area contributed by atoms with E-state index in [2.05, 4.69) is 13.8 Å². The maximum Gasteiger partial charge on any atom is 0.466 e. The van der Waals surface area contributed by atoms with Gasteiger partial charge in [0.2, 0.25) is 0 Å². The van der Waals surface area contributed by atoms with Gasteiger partial charge in [-0.3, -0.25) is 0 Å². The smallest absolute Gasteiger partial charge is 0.381 e. The second-order valence-corrected chi connectivity index (χ2v) is 13.8. The number of rotatable bonds is 34. The van der Waals surface area contributed by atoms with Crippen molar-refractivity contribution in [2.24, 2.45) is 0 Å². The summed E-state index contributed by atoms with van der Waals surface area (Å²) >= 11 is 0. The molecule has 0 heterocycles. The van der Waals surface area contributed by atoms with Crippen LogP contribution in [0.15, 0.2) is 0 Å². The van der Waals surface area contributed by atoms with Crippen LogP contribution in [0.4, 0.5) is 0 Å². The van der Waals surface area contributed by atoms with Crippen molar-refractivity contribution in [1.29, 1.82) is 0 Å². The highest BCUT2D eigenvalue weighted by atomic mass is 31.2. The fraction of sp³-hybridized carbons (Fsp3) is 1.00. The Morgan fingerprint density at radius 2 is 0.476 bits per heavy atom. The summed E-state index contributed by atoms with van der Waals surface area (Å²) in [6, 6.07) is 0. The predicted octanol–water partition coefficient (Wildman–Crippen LogP) is 12.6. The molecule has 0 fully saturated rings. The third-order valence-corrected chi connectivity index (χ3v) is 8.28. The third-order valence-electron chi connectivity index (χ3n) is 8.28. The molecule has 0 aromatic carbocycles. The number of ether oxygens (including phenoxy) is 1. The van der Waals surface area contributed by atoms with E-state index in [1.807, 2.05) is 0 Å². The van der Waals surface area contributed by atoms with Gasteiger partial charge in [-0.15, -0.1) is 0 Å². The summed E-state index contributed by atoms with van der Waals surface area (Å²) in [5.41, 5.74) is 0. The molecule has 0 atom stereocenters. The summed E-state index contributed by atoms with van der Waals surface area (Å²) in [5, 5.41) is 0. The summed E-state index contributed by atoms with van der Waals surface area (Å²) in [5.74, 6) is 0. The van der Waals surface area contributed by atoms with Crippen LogP contribution in [0.5, 0.6) is 0 Å². The molecule has 0 radical (unpaired) electrons. The maximum absolute atomic E-state index is 8.88. The molecule has 5 nitrogen and oxygen atoms in total. The van der Waals surface area contributed by atoms with Crippen molar-refractivity contribution in [2.45, 2.75) is 219 Å². The maximum atomic E-state index is 8.88. The van der Waals surface area contributed by atoms with E-state index >= 15 is 0 Å². The first kappa shape index (κ1) is 44.2. The predicted molar refractivity (Wildman–Crippen MR) is 184 cm³/mol. The van der Waals surface area contributed by atoms with E-state index in [9.17, 15) is 0 Å². The number of hydrogen-bond acceptors (Lipinski definition) is 2. The molecular weight excluding hydrogens is 543 g/mol. The zero-order valence-corrected chi connectivity index (χ0v) is 29.5. The minimum atomic E-state index is -4.64. The van der Waals surface area contributed by atoms with Crippen LogP contribution in [0, 0.1) is 0 Å². The molecule has 0 saturated heterocycles. The van der Waals surface area contributed by atoms with Crippen molar-refractivity contribution >= 4 is 7.82 Å². The zero-order chi connectivity index (χ0) is 31.2. The lowest BCUT2D eigenvalue weighted by molar-refractivity contribution is 0.125. The molecule has 0 aliphatic rings. The molecule has 0 aromatic heterocycles. The van der Waals surface area contributed by atoms with Crippen LogP contribution in [0.1, 0.15) is 219 Å². The van der Waals surface area contributed by atoms with Gasteiger partial charge in [-0.1, -0.05) is 206 Å². The molecule has 0 rings (SSSR count). The first-order valence-corrected chi connectivity index (χ1v) is 20.3. The standard InChI is InChI=1S/C36H74O.H3O4P/c1-3-5-7-9-11-13-15-17-19-21-23-25-27-29-31-33-35-37-36-34-32-30-28-26-24-22-20-18-16-14-12-10-8-6-4-2;1-5(2,3)4/h3-36H2,1-2H3;(H3,1,2,3,4). The Kier molecular flexibility index (Phi) is 41.1. The summed E-state index contributed by atoms with van der Waals surface area (Å²) in [6.07, 6.45) is 46.0. The topological polar surface area (TPSA) is 87.0 Å². The lowest BCUT2D eigenvalue weighted by atomic mass is 10.0. The molecule has 0 saturated carbocycles. The van der Waals surface area contributed by atoms with Gasteiger partial charge in [-0.25, -0.2) is 4.57 Å². The molecule has 256 valence electrons. The fourth-order valence-corrected chi connectivity index (χ4v) is 5.61. The van der Waals surface area contributed by atoms with Gasteiger partial charge < -0.3 is 19.4 Å². The molecule has 0 spiro atoms. The zero-order valence-electron chi connectivity index (χ0n) is 28.6. The van der Waals surface area contributed by atoms with E-state index in [1.165, 1.54) is 205 Å². The molecule has 0 amide bonds. The molecule has 0 aromatic rings. The van der Waals surface area contributed by atoms with Gasteiger partial charge in [0.1, 0.15) is 0 Å². The second-order valence-electron chi connectivity index (χ2n) is 12.7. The van der Waals surface area contributed by atoms with Crippen LogP contribution in [-0.4, -0.2) is 27.9 Å². The number of hydrogen-bond donors (Lipinski definition) is 3. The normalized spacial score (nSPS) is 11.5. The lowest BCUT2D eigenvalue weighted by Gasteiger charge is -2.06. The van der Waals surface area contributed by atoms with Gasteiger partial charge in [0.25, 0.3) is 0 Å². The van der Waals surface area contributed by atoms with Crippen LogP contribution >= 0.6 is 7.82 Å². The quantitative estimate of drug-likeness (QED) is 0.0492. The van der Waals surface area contributed by atoms with Gasteiger partial charge >= 0.3 is 7.82 Å². The van der Waals surface area contributed by atoms with Crippen LogP contribution in [-0.2, 0) is 9.30 Å². The third kappa shape index (κ3) is 52.7. The molecule has 0 aliphatic carbocycles. The molecule has 42 heavy (non-hydrogen) atoms. The summed E-state index contributed by atoms with van der Waals surface area (Å²) < 4.78 is 14.8. The Bertz CT molecular complexity index is 469. The lowest BCUT2D eigenvalue weighted by Crippen LogP contribution is -1.97. The highest BCUT2D eigenvalue weighted by molar-refractivity contribution is 7.45. The fourth-order valence-electron chi connectivity index (χ4n) is 5.61. The monoisotopic (exact) mass is 621 g/mol. The Morgan fingerprint density at radius 3 is 0.643 bits per heavy atom. The number of unbranched alkanes of at least 4 members (excludes halogenated alkanes) is 30. The average Bonchev–Trinajstić information content (AvgIpc) is 2.94. The molecule has 3 N–H and O–H groups in total. The van der Waals surface area contributed by atoms with Crippen LogP contribution in [0.3, 0.4) is 0 Å². The molecule has 0 bridgehead atoms. The van der Waals surface area contributed by atoms with Gasteiger partial charge in [0.15, 0.2) is 0 Å². The Morgan fingerprint density at radius 1 is 0.333 bits per heavy atom. The van der Waals surface area contributed by atoms with Crippen molar-refractivity contribution in [3.8, 4) is 0 Å². The minimum absolute atomic E-state index is 0.997. The van der Waals surface area contributed by atoms with Crippen molar-refractivity contribution in [1.82, 2.24) is 0 Å². The van der Waals surface area contributed by atoms with Crippen molar-refractivity contribution in [3.05, 3.63) is 0 Å². The SMILES string of the molecule is CCCCCCCCCCCCCCCCCCOCCCCCCCCCCCCCCCCCC.O=P(O)(O)O. The van der Waals surface area contributed by atoms with Crippen molar-refractivity contribution in [3.63, 3.8) is 0 Å². The molecule has 0 unspecified atom stereocenters. The van der Waals surface area contributed by atoms with Crippen molar-refractivity contribution in [2.75, 3.05) is 13.2 Å². The minimum Gasteiger partial charge on any atom is -0.381 e. The number of phosphoric acid groups is 1. The van der Waals surface area contributed by atoms with E-state index in [-0.39, 0.29) is 0 Å². The van der Waals surface area contributed by atoms with Gasteiger partial charge in [-0.2, -0.15) is 0 Å². The average molecular weight is 621 g/mol. The van der Waals surface area contributed by atoms with Crippen molar-refractivity contribution < 1.29 is 24.0 Å². The Balaban J connectivity index is 0. The Labute approximate surface area is 264 Å². The van der Waals surface area contributed by atoms with Gasteiger partial charge in [-0.05, 0) is 12.8 Å². The highest BCUT2D eigenvalue weighted by Crippen LogP contribution is 2.25. The Hall–Kier alpha value is 0.0700. The summed E-state index contributed by atoms with van der Waals surface area (Å²) in [7, 11) is -4.64. The molecule has 0 aliphatic heterocycles. The van der Waals surface area contributed by atoms with E-state index in [4.69, 9.17) is 24.0 Å². The second kappa shape index (κ2) is 39.1. The largest absolute Gasteiger partial charge is 0.466 e. The first-order valence-electron chi connectivity index (χ1n) is 18.8. The van der Waals surface area contributed by atoms with Gasteiger partial charge in [0.05, 0.1) is 0 Å². The van der Waals surface area contributed by atoms with E-state index < -0.39 is 7.82 Å². The van der Waals surface area contributed by atoms with E-state index in [0.717, 1.165) is 13.2 Å². The summed E-state index contributed by atoms with van der Waals surface area (Å²) in [6.45, 7) is 6.60.